The lowest BCUT2D eigenvalue weighted by Crippen LogP contribution is -2.14. The highest BCUT2D eigenvalue weighted by molar-refractivity contribution is 6.35. The van der Waals surface area contributed by atoms with Crippen LogP contribution in [0.4, 0.5) is 0 Å². The van der Waals surface area contributed by atoms with E-state index in [-0.39, 0.29) is 0 Å². The van der Waals surface area contributed by atoms with Crippen LogP contribution in [0.3, 0.4) is 0 Å². The minimum atomic E-state index is 0.458. The number of halogens is 2. The number of nitrogens with one attached hydrogen (secondary N) is 1. The number of hydrogen-bond donors (Lipinski definition) is 1. The molecule has 100 valence electrons. The molecule has 0 aliphatic carbocycles. The summed E-state index contributed by atoms with van der Waals surface area (Å²) in [5, 5.41) is 4.27. The largest absolute Gasteiger partial charge is 0.491 e. The average molecular weight is 290 g/mol. The van der Waals surface area contributed by atoms with E-state index < -0.39 is 0 Å². The van der Waals surface area contributed by atoms with Gasteiger partial charge in [0.05, 0.1) is 18.2 Å². The van der Waals surface area contributed by atoms with E-state index in [4.69, 9.17) is 32.7 Å². The van der Waals surface area contributed by atoms with E-state index in [9.17, 15) is 0 Å². The van der Waals surface area contributed by atoms with Crippen molar-refractivity contribution in [2.24, 2.45) is 5.92 Å². The van der Waals surface area contributed by atoms with Gasteiger partial charge in [0.15, 0.2) is 0 Å². The van der Waals surface area contributed by atoms with Crippen LogP contribution in [0.15, 0.2) is 12.1 Å². The number of ether oxygens (including phenoxy) is 2. The first-order valence-electron chi connectivity index (χ1n) is 6.03. The van der Waals surface area contributed by atoms with E-state index in [0.717, 1.165) is 30.9 Å². The van der Waals surface area contributed by atoms with Gasteiger partial charge in [0.1, 0.15) is 5.75 Å². The van der Waals surface area contributed by atoms with E-state index in [1.165, 1.54) is 0 Å². The van der Waals surface area contributed by atoms with Gasteiger partial charge in [0, 0.05) is 29.7 Å². The lowest BCUT2D eigenvalue weighted by Gasteiger charge is -2.16. The molecule has 1 aromatic rings. The van der Waals surface area contributed by atoms with Gasteiger partial charge in [-0.3, -0.25) is 0 Å². The van der Waals surface area contributed by atoms with E-state index in [2.05, 4.69) is 5.32 Å². The minimum absolute atomic E-state index is 0.458. The van der Waals surface area contributed by atoms with Crippen molar-refractivity contribution in [2.45, 2.75) is 13.0 Å². The molecule has 1 aliphatic heterocycles. The second kappa shape index (κ2) is 6.62. The van der Waals surface area contributed by atoms with E-state index in [1.54, 1.807) is 6.07 Å². The fraction of sp³-hybridized carbons (Fsp3) is 0.538. The zero-order valence-corrected chi connectivity index (χ0v) is 11.9. The van der Waals surface area contributed by atoms with E-state index in [1.807, 2.05) is 13.1 Å². The van der Waals surface area contributed by atoms with Crippen molar-refractivity contribution in [3.8, 4) is 5.75 Å². The molecule has 1 N–H and O–H groups in total. The Kier molecular flexibility index (Phi) is 5.13. The smallest absolute Gasteiger partial charge is 0.142 e. The predicted octanol–water partition coefficient (Wildman–Crippen LogP) is 3.13. The Morgan fingerprint density at radius 3 is 2.94 bits per heavy atom. The molecule has 1 saturated heterocycles. The first-order chi connectivity index (χ1) is 8.70. The predicted molar refractivity (Wildman–Crippen MR) is 73.6 cm³/mol. The van der Waals surface area contributed by atoms with Crippen molar-refractivity contribution in [1.29, 1.82) is 0 Å². The lowest BCUT2D eigenvalue weighted by atomic mass is 10.1. The van der Waals surface area contributed by atoms with Gasteiger partial charge in [-0.15, -0.1) is 0 Å². The van der Waals surface area contributed by atoms with Gasteiger partial charge in [-0.25, -0.2) is 0 Å². The normalized spacial score (nSPS) is 19.2. The monoisotopic (exact) mass is 289 g/mol. The molecular weight excluding hydrogens is 273 g/mol. The van der Waals surface area contributed by atoms with Gasteiger partial charge in [-0.05, 0) is 25.6 Å². The summed E-state index contributed by atoms with van der Waals surface area (Å²) in [5.41, 5.74) is 0.980. The van der Waals surface area contributed by atoms with Crippen LogP contribution in [0.2, 0.25) is 10.0 Å². The van der Waals surface area contributed by atoms with Crippen LogP contribution in [-0.4, -0.2) is 26.9 Å². The van der Waals surface area contributed by atoms with Crippen LogP contribution in [0.1, 0.15) is 12.0 Å². The molecule has 0 amide bonds. The number of hydrogen-bond acceptors (Lipinski definition) is 3. The summed E-state index contributed by atoms with van der Waals surface area (Å²) >= 11 is 12.2. The van der Waals surface area contributed by atoms with Crippen molar-refractivity contribution in [2.75, 3.05) is 26.9 Å². The first-order valence-corrected chi connectivity index (χ1v) is 6.79. The summed E-state index contributed by atoms with van der Waals surface area (Å²) in [5.74, 6) is 1.18. The molecule has 0 aromatic heterocycles. The third kappa shape index (κ3) is 3.51. The number of benzene rings is 1. The van der Waals surface area contributed by atoms with Gasteiger partial charge < -0.3 is 14.8 Å². The van der Waals surface area contributed by atoms with Crippen molar-refractivity contribution >= 4 is 23.2 Å². The highest BCUT2D eigenvalue weighted by atomic mass is 35.5. The molecule has 1 atom stereocenters. The molecule has 1 aliphatic rings. The summed E-state index contributed by atoms with van der Waals surface area (Å²) in [6, 6.07) is 3.59. The molecular formula is C13H17Cl2NO2. The molecule has 0 spiro atoms. The van der Waals surface area contributed by atoms with Crippen LogP contribution < -0.4 is 10.1 Å². The van der Waals surface area contributed by atoms with Crippen LogP contribution in [0.5, 0.6) is 5.75 Å². The molecule has 1 unspecified atom stereocenters. The average Bonchev–Trinajstić information content (AvgIpc) is 2.81. The molecule has 5 heteroatoms. The van der Waals surface area contributed by atoms with Gasteiger partial charge in [0.25, 0.3) is 0 Å². The topological polar surface area (TPSA) is 30.5 Å². The first kappa shape index (κ1) is 13.9. The Morgan fingerprint density at radius 1 is 1.44 bits per heavy atom. The highest BCUT2D eigenvalue weighted by Gasteiger charge is 2.18. The maximum atomic E-state index is 6.19. The summed E-state index contributed by atoms with van der Waals surface area (Å²) in [6.07, 6.45) is 1.05. The summed E-state index contributed by atoms with van der Waals surface area (Å²) in [6.45, 7) is 2.91. The fourth-order valence-electron chi connectivity index (χ4n) is 2.01. The van der Waals surface area contributed by atoms with E-state index >= 15 is 0 Å². The Labute approximate surface area is 117 Å². The zero-order chi connectivity index (χ0) is 13.0. The summed E-state index contributed by atoms with van der Waals surface area (Å²) in [4.78, 5) is 0. The molecule has 3 nitrogen and oxygen atoms in total. The quantitative estimate of drug-likeness (QED) is 0.903. The van der Waals surface area contributed by atoms with Gasteiger partial charge in [-0.2, -0.15) is 0 Å². The Hall–Kier alpha value is -0.480. The van der Waals surface area contributed by atoms with Crippen molar-refractivity contribution < 1.29 is 9.47 Å². The van der Waals surface area contributed by atoms with Crippen LogP contribution in [-0.2, 0) is 11.3 Å². The molecule has 2 rings (SSSR count). The SMILES string of the molecule is CNCc1cc(Cl)cc(Cl)c1OCC1CCOC1. The summed E-state index contributed by atoms with van der Waals surface area (Å²) in [7, 11) is 1.88. The van der Waals surface area contributed by atoms with E-state index in [0.29, 0.717) is 29.1 Å². The number of rotatable bonds is 5. The Morgan fingerprint density at radius 2 is 2.28 bits per heavy atom. The Bertz CT molecular complexity index is 406. The highest BCUT2D eigenvalue weighted by Crippen LogP contribution is 2.33. The zero-order valence-electron chi connectivity index (χ0n) is 10.3. The van der Waals surface area contributed by atoms with Gasteiger partial charge in [0.2, 0.25) is 0 Å². The van der Waals surface area contributed by atoms with Crippen LogP contribution in [0, 0.1) is 5.92 Å². The maximum Gasteiger partial charge on any atom is 0.142 e. The van der Waals surface area contributed by atoms with Crippen molar-refractivity contribution in [1.82, 2.24) is 5.32 Å². The molecule has 0 bridgehead atoms. The molecule has 1 fully saturated rings. The van der Waals surface area contributed by atoms with Gasteiger partial charge >= 0.3 is 0 Å². The third-order valence-electron chi connectivity index (χ3n) is 2.94. The molecule has 0 saturated carbocycles. The Balaban J connectivity index is 2.09. The molecule has 1 heterocycles. The minimum Gasteiger partial charge on any atom is -0.491 e. The standard InChI is InChI=1S/C13H17Cl2NO2/c1-16-6-10-4-11(14)5-12(15)13(10)18-8-9-2-3-17-7-9/h4-5,9,16H,2-3,6-8H2,1H3. The van der Waals surface area contributed by atoms with Gasteiger partial charge in [-0.1, -0.05) is 23.2 Å². The summed E-state index contributed by atoms with van der Waals surface area (Å²) < 4.78 is 11.2. The second-order valence-electron chi connectivity index (χ2n) is 4.45. The van der Waals surface area contributed by atoms with Crippen molar-refractivity contribution in [3.05, 3.63) is 27.7 Å². The fourth-order valence-corrected chi connectivity index (χ4v) is 2.60. The van der Waals surface area contributed by atoms with Crippen molar-refractivity contribution in [3.63, 3.8) is 0 Å². The molecule has 18 heavy (non-hydrogen) atoms. The molecule has 1 aromatic carbocycles. The van der Waals surface area contributed by atoms with Crippen LogP contribution in [0.25, 0.3) is 0 Å². The molecule has 0 radical (unpaired) electrons. The third-order valence-corrected chi connectivity index (χ3v) is 3.44. The van der Waals surface area contributed by atoms with Crippen LogP contribution >= 0.6 is 23.2 Å². The maximum absolute atomic E-state index is 6.19. The second-order valence-corrected chi connectivity index (χ2v) is 5.29. The lowest BCUT2D eigenvalue weighted by molar-refractivity contribution is 0.166.